The topological polar surface area (TPSA) is 51.0 Å². The van der Waals surface area contributed by atoms with E-state index >= 15 is 0 Å². The number of methoxy groups -OCH3 is 2. The number of nitrogens with one attached hydrogen (secondary N) is 1. The highest BCUT2D eigenvalue weighted by molar-refractivity contribution is 6.32. The van der Waals surface area contributed by atoms with Crippen molar-refractivity contribution < 1.29 is 9.47 Å². The van der Waals surface area contributed by atoms with Crippen LogP contribution in [-0.4, -0.2) is 49.3 Å². The highest BCUT2D eigenvalue weighted by Crippen LogP contribution is 2.38. The van der Waals surface area contributed by atoms with Gasteiger partial charge in [0.2, 0.25) is 0 Å². The number of ether oxygens (including phenoxy) is 2. The minimum Gasteiger partial charge on any atom is -0.496 e. The van der Waals surface area contributed by atoms with Gasteiger partial charge >= 0.3 is 0 Å². The van der Waals surface area contributed by atoms with Crippen LogP contribution in [0.3, 0.4) is 0 Å². The first kappa shape index (κ1) is 17.9. The van der Waals surface area contributed by atoms with E-state index in [1.54, 1.807) is 20.3 Å². The molecule has 1 unspecified atom stereocenters. The van der Waals surface area contributed by atoms with Crippen molar-refractivity contribution in [3.63, 3.8) is 0 Å². The zero-order valence-electron chi connectivity index (χ0n) is 15.7. The molecule has 3 heterocycles. The molecule has 1 aliphatic heterocycles. The molecule has 142 valence electrons. The number of anilines is 1. The Balaban J connectivity index is 1.73. The number of benzene rings is 1. The lowest BCUT2D eigenvalue weighted by Gasteiger charge is -2.33. The second-order valence-corrected chi connectivity index (χ2v) is 7.17. The smallest absolute Gasteiger partial charge is 0.141 e. The van der Waals surface area contributed by atoms with Crippen molar-refractivity contribution >= 4 is 22.9 Å². The molecule has 1 saturated heterocycles. The molecular weight excluding hydrogens is 364 g/mol. The molecule has 7 heteroatoms. The fourth-order valence-corrected chi connectivity index (χ4v) is 3.77. The molecule has 1 aliphatic rings. The Bertz CT molecular complexity index is 972. The molecule has 0 aliphatic carbocycles. The second-order valence-electron chi connectivity index (χ2n) is 6.76. The fourth-order valence-electron chi connectivity index (χ4n) is 3.52. The number of fused-ring (bicyclic) bond motifs is 1. The first-order chi connectivity index (χ1) is 13.1. The van der Waals surface area contributed by atoms with E-state index in [0.29, 0.717) is 22.6 Å². The summed E-state index contributed by atoms with van der Waals surface area (Å²) in [5.41, 5.74) is 3.72. The molecule has 27 heavy (non-hydrogen) atoms. The van der Waals surface area contributed by atoms with Crippen molar-refractivity contribution in [2.75, 3.05) is 38.8 Å². The Labute approximate surface area is 163 Å². The molecule has 1 aromatic carbocycles. The molecule has 0 amide bonds. The molecule has 6 nitrogen and oxygen atoms in total. The van der Waals surface area contributed by atoms with E-state index in [9.17, 15) is 0 Å². The molecular formula is C20H23ClN4O2. The summed E-state index contributed by atoms with van der Waals surface area (Å²) in [7, 11) is 3.22. The summed E-state index contributed by atoms with van der Waals surface area (Å²) >= 11 is 6.32. The van der Waals surface area contributed by atoms with Gasteiger partial charge in [0.05, 0.1) is 24.9 Å². The normalized spacial score (nSPS) is 17.3. The lowest BCUT2D eigenvalue weighted by Crippen LogP contribution is -2.49. The van der Waals surface area contributed by atoms with Crippen LogP contribution in [0.2, 0.25) is 5.02 Å². The van der Waals surface area contributed by atoms with Crippen molar-refractivity contribution in [3.8, 4) is 22.8 Å². The zero-order valence-corrected chi connectivity index (χ0v) is 16.5. The van der Waals surface area contributed by atoms with Gasteiger partial charge < -0.3 is 24.1 Å². The van der Waals surface area contributed by atoms with Crippen molar-refractivity contribution in [2.24, 2.45) is 0 Å². The standard InChI is InChI=1S/C20H23ClN4O2/c1-13-11-24(7-5-22-13)14-4-6-25-12-17(23-20(25)8-14)15-9-16(21)19(27-3)10-18(15)26-2/h4,6,8-10,12-13,22H,5,7,11H2,1-3H3. The van der Waals surface area contributed by atoms with Crippen molar-refractivity contribution in [3.05, 3.63) is 41.7 Å². The molecule has 1 atom stereocenters. The summed E-state index contributed by atoms with van der Waals surface area (Å²) < 4.78 is 12.8. The average molecular weight is 387 g/mol. The maximum atomic E-state index is 6.32. The third-order valence-electron chi connectivity index (χ3n) is 4.93. The van der Waals surface area contributed by atoms with E-state index < -0.39 is 0 Å². The SMILES string of the molecule is COc1cc(OC)c(-c2cn3ccc(N4CCNC(C)C4)cc3n2)cc1Cl. The molecule has 0 saturated carbocycles. The number of piperazine rings is 1. The van der Waals surface area contributed by atoms with E-state index in [1.165, 1.54) is 5.69 Å². The van der Waals surface area contributed by atoms with Gasteiger partial charge in [-0.15, -0.1) is 0 Å². The first-order valence-electron chi connectivity index (χ1n) is 8.98. The van der Waals surface area contributed by atoms with Crippen LogP contribution in [0, 0.1) is 0 Å². The summed E-state index contributed by atoms with van der Waals surface area (Å²) in [5.74, 6) is 1.26. The Morgan fingerprint density at radius 3 is 2.74 bits per heavy atom. The molecule has 3 aromatic rings. The predicted molar refractivity (Wildman–Crippen MR) is 108 cm³/mol. The van der Waals surface area contributed by atoms with Crippen molar-refractivity contribution in [1.82, 2.24) is 14.7 Å². The van der Waals surface area contributed by atoms with Gasteiger partial charge in [0, 0.05) is 61.5 Å². The highest BCUT2D eigenvalue weighted by Gasteiger charge is 2.18. The summed E-state index contributed by atoms with van der Waals surface area (Å²) in [6, 6.07) is 8.36. The summed E-state index contributed by atoms with van der Waals surface area (Å²) in [4.78, 5) is 7.19. The van der Waals surface area contributed by atoms with E-state index in [4.69, 9.17) is 26.1 Å². The minimum atomic E-state index is 0.482. The molecule has 2 aromatic heterocycles. The summed E-state index contributed by atoms with van der Waals surface area (Å²) in [6.45, 7) is 5.19. The Morgan fingerprint density at radius 2 is 2.00 bits per heavy atom. The number of rotatable bonds is 4. The highest BCUT2D eigenvalue weighted by atomic mass is 35.5. The number of nitrogens with zero attached hydrogens (tertiary/aromatic N) is 3. The van der Waals surface area contributed by atoms with Gasteiger partial charge in [-0.1, -0.05) is 11.6 Å². The van der Waals surface area contributed by atoms with Gasteiger partial charge in [0.25, 0.3) is 0 Å². The van der Waals surface area contributed by atoms with Gasteiger partial charge in [0.1, 0.15) is 17.1 Å². The number of halogens is 1. The van der Waals surface area contributed by atoms with Crippen LogP contribution in [-0.2, 0) is 0 Å². The lowest BCUT2D eigenvalue weighted by molar-refractivity contribution is 0.395. The fraction of sp³-hybridized carbons (Fsp3) is 0.350. The van der Waals surface area contributed by atoms with Crippen LogP contribution in [0.4, 0.5) is 5.69 Å². The van der Waals surface area contributed by atoms with Gasteiger partial charge in [-0.05, 0) is 19.1 Å². The lowest BCUT2D eigenvalue weighted by atomic mass is 10.1. The number of hydrogen-bond acceptors (Lipinski definition) is 5. The van der Waals surface area contributed by atoms with Crippen LogP contribution in [0.15, 0.2) is 36.7 Å². The second kappa shape index (κ2) is 7.29. The van der Waals surface area contributed by atoms with E-state index in [-0.39, 0.29) is 0 Å². The van der Waals surface area contributed by atoms with Crippen LogP contribution in [0.5, 0.6) is 11.5 Å². The number of aromatic nitrogens is 2. The van der Waals surface area contributed by atoms with Crippen LogP contribution in [0.25, 0.3) is 16.9 Å². The van der Waals surface area contributed by atoms with Crippen molar-refractivity contribution in [2.45, 2.75) is 13.0 Å². The quantitative estimate of drug-likeness (QED) is 0.744. The van der Waals surface area contributed by atoms with E-state index in [2.05, 4.69) is 29.3 Å². The van der Waals surface area contributed by atoms with Crippen LogP contribution >= 0.6 is 11.6 Å². The number of imidazole rings is 1. The van der Waals surface area contributed by atoms with Crippen molar-refractivity contribution in [1.29, 1.82) is 0 Å². The monoisotopic (exact) mass is 386 g/mol. The number of pyridine rings is 1. The van der Waals surface area contributed by atoms with E-state index in [0.717, 1.165) is 36.5 Å². The average Bonchev–Trinajstić information content (AvgIpc) is 3.11. The zero-order chi connectivity index (χ0) is 19.0. The van der Waals surface area contributed by atoms with E-state index in [1.807, 2.05) is 22.9 Å². The van der Waals surface area contributed by atoms with Gasteiger partial charge in [-0.3, -0.25) is 0 Å². The molecule has 4 rings (SSSR count). The third kappa shape index (κ3) is 3.42. The number of hydrogen-bond donors (Lipinski definition) is 1. The summed E-state index contributed by atoms with van der Waals surface area (Å²) in [5, 5.41) is 4.00. The Kier molecular flexibility index (Phi) is 4.85. The Morgan fingerprint density at radius 1 is 1.19 bits per heavy atom. The molecule has 1 N–H and O–H groups in total. The maximum absolute atomic E-state index is 6.32. The molecule has 0 bridgehead atoms. The first-order valence-corrected chi connectivity index (χ1v) is 9.36. The summed E-state index contributed by atoms with van der Waals surface area (Å²) in [6.07, 6.45) is 4.03. The molecule has 0 spiro atoms. The van der Waals surface area contributed by atoms with Gasteiger partial charge in [-0.2, -0.15) is 0 Å². The van der Waals surface area contributed by atoms with Crippen LogP contribution < -0.4 is 19.7 Å². The third-order valence-corrected chi connectivity index (χ3v) is 5.22. The van der Waals surface area contributed by atoms with Crippen LogP contribution in [0.1, 0.15) is 6.92 Å². The van der Waals surface area contributed by atoms with Gasteiger partial charge in [-0.25, -0.2) is 4.98 Å². The molecule has 1 fully saturated rings. The van der Waals surface area contributed by atoms with Gasteiger partial charge in [0.15, 0.2) is 0 Å². The maximum Gasteiger partial charge on any atom is 0.141 e. The Hall–Kier alpha value is -2.44. The predicted octanol–water partition coefficient (Wildman–Crippen LogP) is 3.47. The minimum absolute atomic E-state index is 0.482. The largest absolute Gasteiger partial charge is 0.496 e. The molecule has 0 radical (unpaired) electrons.